The van der Waals surface area contributed by atoms with Crippen LogP contribution in [-0.4, -0.2) is 23.1 Å². The molecule has 0 rings (SSSR count). The van der Waals surface area contributed by atoms with E-state index in [1.807, 2.05) is 0 Å². The van der Waals surface area contributed by atoms with Gasteiger partial charge in [0.25, 0.3) is 0 Å². The van der Waals surface area contributed by atoms with Gasteiger partial charge in [0.1, 0.15) is 6.10 Å². The Morgan fingerprint density at radius 3 is 1.77 bits per heavy atom. The number of carbonyl (C=O) groups is 2. The van der Waals surface area contributed by atoms with Crippen LogP contribution in [-0.2, 0) is 14.3 Å². The molecule has 0 aromatic heterocycles. The summed E-state index contributed by atoms with van der Waals surface area (Å²) in [6.45, 7) is 4.45. The van der Waals surface area contributed by atoms with Crippen molar-refractivity contribution in [2.45, 2.75) is 174 Å². The van der Waals surface area contributed by atoms with Gasteiger partial charge in [-0.1, -0.05) is 121 Å². The summed E-state index contributed by atoms with van der Waals surface area (Å²) in [6, 6.07) is 0. The summed E-state index contributed by atoms with van der Waals surface area (Å²) < 4.78 is 5.84. The lowest BCUT2D eigenvalue weighted by Crippen LogP contribution is -2.16. The fourth-order valence-electron chi connectivity index (χ4n) is 4.60. The summed E-state index contributed by atoms with van der Waals surface area (Å²) in [5.74, 6) is -0.803. The number of allylic oxidation sites excluding steroid dienone is 5. The molecule has 4 nitrogen and oxygen atoms in total. The van der Waals surface area contributed by atoms with Gasteiger partial charge in [0.2, 0.25) is 0 Å². The van der Waals surface area contributed by atoms with Gasteiger partial charge in [-0.15, -0.1) is 0 Å². The number of rotatable bonds is 29. The molecule has 0 aromatic rings. The quantitative estimate of drug-likeness (QED) is 0.0575. The van der Waals surface area contributed by atoms with Crippen LogP contribution >= 0.6 is 0 Å². The highest BCUT2D eigenvalue weighted by Gasteiger charge is 2.11. The molecule has 0 saturated carbocycles. The molecule has 226 valence electrons. The Balaban J connectivity index is 4.12. The molecule has 1 N–H and O–H groups in total. The fourth-order valence-corrected chi connectivity index (χ4v) is 4.60. The first-order chi connectivity index (χ1) is 19.1. The number of unbranched alkanes of at least 4 members (excludes halogenated alkanes) is 16. The van der Waals surface area contributed by atoms with Crippen LogP contribution in [0.1, 0.15) is 168 Å². The Morgan fingerprint density at radius 2 is 1.13 bits per heavy atom. The van der Waals surface area contributed by atoms with E-state index in [0.29, 0.717) is 6.42 Å². The van der Waals surface area contributed by atoms with Gasteiger partial charge < -0.3 is 9.84 Å². The third-order valence-electron chi connectivity index (χ3n) is 7.05. The van der Waals surface area contributed by atoms with Crippen molar-refractivity contribution in [1.29, 1.82) is 0 Å². The Hall–Kier alpha value is -1.84. The molecule has 1 atom stereocenters. The monoisotopic (exact) mass is 546 g/mol. The zero-order chi connectivity index (χ0) is 28.7. The predicted molar refractivity (Wildman–Crippen MR) is 167 cm³/mol. The van der Waals surface area contributed by atoms with Crippen molar-refractivity contribution in [1.82, 2.24) is 0 Å². The maximum atomic E-state index is 12.5. The Labute approximate surface area is 241 Å². The highest BCUT2D eigenvalue weighted by Crippen LogP contribution is 2.15. The van der Waals surface area contributed by atoms with Gasteiger partial charge >= 0.3 is 11.9 Å². The van der Waals surface area contributed by atoms with E-state index in [1.165, 1.54) is 77.0 Å². The smallest absolute Gasteiger partial charge is 0.306 e. The van der Waals surface area contributed by atoms with Crippen molar-refractivity contribution in [3.8, 4) is 0 Å². The second-order valence-electron chi connectivity index (χ2n) is 11.0. The molecule has 0 amide bonds. The van der Waals surface area contributed by atoms with Gasteiger partial charge in [0.15, 0.2) is 0 Å². The van der Waals surface area contributed by atoms with Crippen molar-refractivity contribution in [3.63, 3.8) is 0 Å². The van der Waals surface area contributed by atoms with Gasteiger partial charge in [-0.05, 0) is 70.3 Å². The molecule has 1 unspecified atom stereocenters. The molecule has 0 aromatic carbocycles. The lowest BCUT2D eigenvalue weighted by molar-refractivity contribution is -0.147. The normalized spacial score (nSPS) is 12.7. The van der Waals surface area contributed by atoms with E-state index in [0.717, 1.165) is 64.2 Å². The minimum atomic E-state index is -0.724. The van der Waals surface area contributed by atoms with E-state index < -0.39 is 5.97 Å². The van der Waals surface area contributed by atoms with Crippen LogP contribution in [0.4, 0.5) is 0 Å². The lowest BCUT2D eigenvalue weighted by atomic mass is 10.1. The van der Waals surface area contributed by atoms with Gasteiger partial charge in [-0.3, -0.25) is 9.59 Å². The minimum Gasteiger partial charge on any atom is -0.481 e. The average Bonchev–Trinajstić information content (AvgIpc) is 2.91. The maximum absolute atomic E-state index is 12.5. The first-order valence-electron chi connectivity index (χ1n) is 16.5. The first kappa shape index (κ1) is 37.2. The number of hydrogen-bond donors (Lipinski definition) is 1. The summed E-state index contributed by atoms with van der Waals surface area (Å²) >= 11 is 0. The van der Waals surface area contributed by atoms with Crippen molar-refractivity contribution < 1.29 is 19.4 Å². The van der Waals surface area contributed by atoms with Gasteiger partial charge in [-0.2, -0.15) is 0 Å². The predicted octanol–water partition coefficient (Wildman–Crippen LogP) is 11.1. The van der Waals surface area contributed by atoms with Crippen LogP contribution in [0.3, 0.4) is 0 Å². The molecule has 0 aliphatic carbocycles. The van der Waals surface area contributed by atoms with E-state index in [-0.39, 0.29) is 18.5 Å². The largest absolute Gasteiger partial charge is 0.481 e. The van der Waals surface area contributed by atoms with Crippen LogP contribution in [0.25, 0.3) is 0 Å². The molecule has 0 aliphatic heterocycles. The number of carboxylic acids is 1. The highest BCUT2D eigenvalue weighted by molar-refractivity contribution is 5.69. The molecule has 0 spiro atoms. The van der Waals surface area contributed by atoms with E-state index in [4.69, 9.17) is 9.84 Å². The Kier molecular flexibility index (Phi) is 29.2. The van der Waals surface area contributed by atoms with Crippen molar-refractivity contribution in [3.05, 3.63) is 36.5 Å². The lowest BCUT2D eigenvalue weighted by Gasteiger charge is -2.15. The zero-order valence-electron chi connectivity index (χ0n) is 25.7. The summed E-state index contributed by atoms with van der Waals surface area (Å²) in [7, 11) is 0. The number of carbonyl (C=O) groups excluding carboxylic acids is 1. The average molecular weight is 547 g/mol. The van der Waals surface area contributed by atoms with Crippen LogP contribution in [0.2, 0.25) is 0 Å². The van der Waals surface area contributed by atoms with Crippen LogP contribution in [0.5, 0.6) is 0 Å². The van der Waals surface area contributed by atoms with E-state index in [2.05, 4.69) is 50.3 Å². The third kappa shape index (κ3) is 30.6. The van der Waals surface area contributed by atoms with Gasteiger partial charge in [0, 0.05) is 12.8 Å². The molecule has 0 saturated heterocycles. The third-order valence-corrected chi connectivity index (χ3v) is 7.05. The standard InChI is InChI=1S/C35H62O4/c1-3-5-7-9-11-13-14-15-16-18-20-22-28-32-35(38)39-33(30-26-23-24-27-31-34(36)37)29-25-21-19-17-12-10-8-6-4-2/h7,9,13-14,25,29,33H,3-6,8,10-12,15-24,26-28,30-32H2,1-2H3,(H,36,37)/b9-7-,14-13-,29-25-. The molecular formula is C35H62O4. The Bertz CT molecular complexity index is 635. The number of esters is 1. The SMILES string of the molecule is CCC/C=C\C/C=C\CCCCCCCC(=O)OC(/C=C\CCCCCCCCC)CCCCCCC(=O)O. The number of ether oxygens (including phenoxy) is 1. The Morgan fingerprint density at radius 1 is 0.590 bits per heavy atom. The van der Waals surface area contributed by atoms with Crippen molar-refractivity contribution in [2.75, 3.05) is 0 Å². The second-order valence-corrected chi connectivity index (χ2v) is 11.0. The number of carboxylic acid groups (broad SMARTS) is 1. The first-order valence-corrected chi connectivity index (χ1v) is 16.5. The maximum Gasteiger partial charge on any atom is 0.306 e. The fraction of sp³-hybridized carbons (Fsp3) is 0.771. The zero-order valence-corrected chi connectivity index (χ0v) is 25.7. The van der Waals surface area contributed by atoms with E-state index in [1.54, 1.807) is 0 Å². The molecule has 0 heterocycles. The summed E-state index contributed by atoms with van der Waals surface area (Å²) in [4.78, 5) is 23.2. The van der Waals surface area contributed by atoms with Gasteiger partial charge in [-0.25, -0.2) is 0 Å². The van der Waals surface area contributed by atoms with E-state index in [9.17, 15) is 9.59 Å². The van der Waals surface area contributed by atoms with Crippen LogP contribution in [0.15, 0.2) is 36.5 Å². The molecule has 4 heteroatoms. The summed E-state index contributed by atoms with van der Waals surface area (Å²) in [6.07, 6.45) is 38.7. The van der Waals surface area contributed by atoms with Crippen LogP contribution < -0.4 is 0 Å². The number of aliphatic carboxylic acids is 1. The molecular weight excluding hydrogens is 484 g/mol. The summed E-state index contributed by atoms with van der Waals surface area (Å²) in [5.41, 5.74) is 0. The second kappa shape index (κ2) is 30.7. The van der Waals surface area contributed by atoms with Crippen LogP contribution in [0, 0.1) is 0 Å². The van der Waals surface area contributed by atoms with Gasteiger partial charge in [0.05, 0.1) is 0 Å². The molecule has 39 heavy (non-hydrogen) atoms. The minimum absolute atomic E-state index is 0.0782. The summed E-state index contributed by atoms with van der Waals surface area (Å²) in [5, 5.41) is 8.79. The van der Waals surface area contributed by atoms with Crippen molar-refractivity contribution in [2.24, 2.45) is 0 Å². The molecule has 0 bridgehead atoms. The number of hydrogen-bond acceptors (Lipinski definition) is 3. The van der Waals surface area contributed by atoms with Crippen molar-refractivity contribution >= 4 is 11.9 Å². The molecule has 0 radical (unpaired) electrons. The molecule has 0 fully saturated rings. The molecule has 0 aliphatic rings. The highest BCUT2D eigenvalue weighted by atomic mass is 16.5. The topological polar surface area (TPSA) is 63.6 Å². The van der Waals surface area contributed by atoms with E-state index >= 15 is 0 Å².